The van der Waals surface area contributed by atoms with E-state index in [2.05, 4.69) is 5.32 Å². The summed E-state index contributed by atoms with van der Waals surface area (Å²) in [5, 5.41) is 2.79. The van der Waals surface area contributed by atoms with Crippen LogP contribution in [-0.2, 0) is 9.59 Å². The molecule has 1 aliphatic carbocycles. The highest BCUT2D eigenvalue weighted by Gasteiger charge is 2.22. The normalized spacial score (nSPS) is 16.9. The fourth-order valence-electron chi connectivity index (χ4n) is 1.13. The van der Waals surface area contributed by atoms with Crippen molar-refractivity contribution in [1.82, 2.24) is 5.32 Å². The summed E-state index contributed by atoms with van der Waals surface area (Å²) >= 11 is 5.81. The van der Waals surface area contributed by atoms with Gasteiger partial charge in [-0.15, -0.1) is 0 Å². The van der Waals surface area contributed by atoms with Crippen LogP contribution in [0.5, 0.6) is 0 Å². The SMILES string of the molecule is CC1=C(Cl)C(=O)C(NC(=O)C(C)C)=CC1. The Hall–Kier alpha value is -1.09. The van der Waals surface area contributed by atoms with E-state index in [1.54, 1.807) is 26.8 Å². The van der Waals surface area contributed by atoms with Crippen molar-refractivity contribution >= 4 is 23.3 Å². The van der Waals surface area contributed by atoms with Gasteiger partial charge in [0.05, 0.1) is 10.7 Å². The van der Waals surface area contributed by atoms with Crippen molar-refractivity contribution in [3.05, 3.63) is 22.4 Å². The van der Waals surface area contributed by atoms with Crippen molar-refractivity contribution in [3.8, 4) is 0 Å². The zero-order valence-electron chi connectivity index (χ0n) is 9.06. The molecule has 0 unspecified atom stereocenters. The van der Waals surface area contributed by atoms with Crippen LogP contribution in [0.4, 0.5) is 0 Å². The highest BCUT2D eigenvalue weighted by molar-refractivity contribution is 6.45. The van der Waals surface area contributed by atoms with Crippen LogP contribution in [0.25, 0.3) is 0 Å². The molecule has 0 aromatic rings. The topological polar surface area (TPSA) is 46.2 Å². The van der Waals surface area contributed by atoms with Gasteiger partial charge in [0, 0.05) is 5.92 Å². The first-order valence-electron chi connectivity index (χ1n) is 4.84. The number of amides is 1. The Bertz CT molecular complexity index is 367. The number of ketones is 1. The molecule has 0 aromatic carbocycles. The summed E-state index contributed by atoms with van der Waals surface area (Å²) in [6.45, 7) is 5.34. The van der Waals surface area contributed by atoms with Crippen molar-refractivity contribution in [3.63, 3.8) is 0 Å². The summed E-state index contributed by atoms with van der Waals surface area (Å²) in [5.41, 5.74) is 1.13. The second kappa shape index (κ2) is 4.62. The first-order chi connectivity index (χ1) is 6.93. The minimum absolute atomic E-state index is 0.149. The number of halogens is 1. The van der Waals surface area contributed by atoms with Gasteiger partial charge in [-0.25, -0.2) is 0 Å². The summed E-state index contributed by atoms with van der Waals surface area (Å²) in [7, 11) is 0. The Morgan fingerprint density at radius 2 is 2.13 bits per heavy atom. The largest absolute Gasteiger partial charge is 0.323 e. The Labute approximate surface area is 94.2 Å². The summed E-state index contributed by atoms with van der Waals surface area (Å²) in [6.07, 6.45) is 2.31. The van der Waals surface area contributed by atoms with Gasteiger partial charge in [0.1, 0.15) is 0 Å². The second-order valence-corrected chi connectivity index (χ2v) is 4.27. The predicted octanol–water partition coefficient (Wildman–Crippen LogP) is 2.13. The average molecular weight is 228 g/mol. The lowest BCUT2D eigenvalue weighted by Gasteiger charge is -2.15. The van der Waals surface area contributed by atoms with Crippen LogP contribution in [0.1, 0.15) is 27.2 Å². The van der Waals surface area contributed by atoms with Crippen LogP contribution in [0.15, 0.2) is 22.4 Å². The van der Waals surface area contributed by atoms with Gasteiger partial charge in [0.2, 0.25) is 11.7 Å². The van der Waals surface area contributed by atoms with Crippen molar-refractivity contribution in [2.24, 2.45) is 5.92 Å². The van der Waals surface area contributed by atoms with Crippen LogP contribution in [-0.4, -0.2) is 11.7 Å². The molecule has 0 fully saturated rings. The average Bonchev–Trinajstić information content (AvgIpc) is 2.18. The molecule has 0 aliphatic heterocycles. The predicted molar refractivity (Wildman–Crippen MR) is 59.2 cm³/mol. The summed E-state index contributed by atoms with van der Waals surface area (Å²) in [5.74, 6) is -0.613. The highest BCUT2D eigenvalue weighted by atomic mass is 35.5. The van der Waals surface area contributed by atoms with Crippen LogP contribution in [0.2, 0.25) is 0 Å². The summed E-state index contributed by atoms with van der Waals surface area (Å²) in [6, 6.07) is 0. The number of hydrogen-bond acceptors (Lipinski definition) is 2. The number of carbonyl (C=O) groups is 2. The molecular weight excluding hydrogens is 214 g/mol. The Balaban J connectivity index is 2.75. The van der Waals surface area contributed by atoms with Gasteiger partial charge in [-0.05, 0) is 18.9 Å². The van der Waals surface area contributed by atoms with E-state index in [0.717, 1.165) is 5.57 Å². The van der Waals surface area contributed by atoms with E-state index in [9.17, 15) is 9.59 Å². The third-order valence-corrected chi connectivity index (χ3v) is 2.71. The van der Waals surface area contributed by atoms with Crippen LogP contribution in [0, 0.1) is 5.92 Å². The third kappa shape index (κ3) is 2.69. The van der Waals surface area contributed by atoms with E-state index in [1.807, 2.05) is 0 Å². The molecule has 1 aliphatic rings. The van der Waals surface area contributed by atoms with Gasteiger partial charge in [-0.2, -0.15) is 0 Å². The maximum Gasteiger partial charge on any atom is 0.227 e. The van der Waals surface area contributed by atoms with Gasteiger partial charge in [-0.3, -0.25) is 9.59 Å². The molecule has 1 rings (SSSR count). The first kappa shape index (κ1) is 12.0. The molecule has 0 saturated heterocycles. The van der Waals surface area contributed by atoms with Gasteiger partial charge in [0.25, 0.3) is 0 Å². The maximum absolute atomic E-state index is 11.6. The second-order valence-electron chi connectivity index (χ2n) is 3.89. The van der Waals surface area contributed by atoms with Gasteiger partial charge in [-0.1, -0.05) is 31.5 Å². The molecule has 0 aromatic heterocycles. The molecule has 1 amide bonds. The lowest BCUT2D eigenvalue weighted by atomic mass is 10.0. The Morgan fingerprint density at radius 1 is 1.53 bits per heavy atom. The summed E-state index contributed by atoms with van der Waals surface area (Å²) < 4.78 is 0. The molecule has 0 saturated carbocycles. The quantitative estimate of drug-likeness (QED) is 0.786. The highest BCUT2D eigenvalue weighted by Crippen LogP contribution is 2.22. The van der Waals surface area contributed by atoms with Gasteiger partial charge in [0.15, 0.2) is 0 Å². The molecule has 15 heavy (non-hydrogen) atoms. The first-order valence-corrected chi connectivity index (χ1v) is 5.22. The molecule has 4 heteroatoms. The minimum Gasteiger partial charge on any atom is -0.323 e. The van der Waals surface area contributed by atoms with Crippen LogP contribution >= 0.6 is 11.6 Å². The van der Waals surface area contributed by atoms with E-state index in [1.165, 1.54) is 0 Å². The minimum atomic E-state index is -0.297. The zero-order valence-corrected chi connectivity index (χ0v) is 9.81. The number of allylic oxidation sites excluding steroid dienone is 3. The van der Waals surface area contributed by atoms with Crippen LogP contribution in [0.3, 0.4) is 0 Å². The Kier molecular flexibility index (Phi) is 3.69. The zero-order chi connectivity index (χ0) is 11.6. The van der Waals surface area contributed by atoms with Crippen molar-refractivity contribution < 1.29 is 9.59 Å². The monoisotopic (exact) mass is 227 g/mol. The van der Waals surface area contributed by atoms with E-state index in [0.29, 0.717) is 12.1 Å². The molecule has 3 nitrogen and oxygen atoms in total. The van der Waals surface area contributed by atoms with Crippen molar-refractivity contribution in [1.29, 1.82) is 0 Å². The molecule has 0 radical (unpaired) electrons. The van der Waals surface area contributed by atoms with E-state index < -0.39 is 0 Å². The fraction of sp³-hybridized carbons (Fsp3) is 0.455. The lowest BCUT2D eigenvalue weighted by Crippen LogP contribution is -2.32. The molecule has 82 valence electrons. The fourth-order valence-corrected chi connectivity index (χ4v) is 1.31. The molecular formula is C11H14ClNO2. The maximum atomic E-state index is 11.6. The van der Waals surface area contributed by atoms with Gasteiger partial charge >= 0.3 is 0 Å². The molecule has 0 bridgehead atoms. The molecule has 1 N–H and O–H groups in total. The molecule has 0 spiro atoms. The smallest absolute Gasteiger partial charge is 0.227 e. The number of hydrogen-bond donors (Lipinski definition) is 1. The van der Waals surface area contributed by atoms with Gasteiger partial charge < -0.3 is 5.32 Å². The van der Waals surface area contributed by atoms with Crippen molar-refractivity contribution in [2.75, 3.05) is 0 Å². The molecule has 0 atom stereocenters. The molecule has 0 heterocycles. The van der Waals surface area contributed by atoms with Crippen molar-refractivity contribution in [2.45, 2.75) is 27.2 Å². The number of carbonyl (C=O) groups excluding carboxylic acids is 2. The number of nitrogens with one attached hydrogen (secondary N) is 1. The number of Topliss-reactive ketones (excluding diaryl/α,β-unsaturated/α-hetero) is 1. The van der Waals surface area contributed by atoms with E-state index in [4.69, 9.17) is 11.6 Å². The standard InChI is InChI=1S/C11H14ClNO2/c1-6(2)11(15)13-8-5-4-7(3)9(12)10(8)14/h5-6H,4H2,1-3H3,(H,13,15). The lowest BCUT2D eigenvalue weighted by molar-refractivity contribution is -0.124. The van der Waals surface area contributed by atoms with E-state index >= 15 is 0 Å². The third-order valence-electron chi connectivity index (χ3n) is 2.21. The Morgan fingerprint density at radius 3 is 2.67 bits per heavy atom. The summed E-state index contributed by atoms with van der Waals surface area (Å²) in [4.78, 5) is 23.0. The number of rotatable bonds is 2. The van der Waals surface area contributed by atoms with Crippen LogP contribution < -0.4 is 5.32 Å². The van der Waals surface area contributed by atoms with E-state index in [-0.39, 0.29) is 22.6 Å².